The lowest BCUT2D eigenvalue weighted by atomic mass is 10.0. The van der Waals surface area contributed by atoms with Crippen LogP contribution < -0.4 is 5.32 Å². The van der Waals surface area contributed by atoms with Gasteiger partial charge in [-0.1, -0.05) is 32.0 Å². The Hall–Kier alpha value is -1.81. The first-order chi connectivity index (χ1) is 9.49. The summed E-state index contributed by atoms with van der Waals surface area (Å²) in [6.45, 7) is 4.23. The van der Waals surface area contributed by atoms with Crippen LogP contribution in [0.25, 0.3) is 0 Å². The van der Waals surface area contributed by atoms with Crippen LogP contribution in [-0.4, -0.2) is 11.0 Å². The molecule has 0 fully saturated rings. The van der Waals surface area contributed by atoms with Crippen molar-refractivity contribution in [1.29, 1.82) is 0 Å². The fourth-order valence-electron chi connectivity index (χ4n) is 1.85. The summed E-state index contributed by atoms with van der Waals surface area (Å²) in [6, 6.07) is 12.3. The maximum absolute atomic E-state index is 12.1. The number of carbonyl (C=O) groups excluding carboxylic acids is 1. The Balaban J connectivity index is 2.22. The number of halogens is 1. The van der Waals surface area contributed by atoms with Gasteiger partial charge < -0.3 is 10.4 Å². The Kier molecular flexibility index (Phi) is 4.45. The van der Waals surface area contributed by atoms with Crippen LogP contribution in [0.5, 0.6) is 5.75 Å². The first kappa shape index (κ1) is 14.6. The lowest BCUT2D eigenvalue weighted by Gasteiger charge is -2.11. The van der Waals surface area contributed by atoms with E-state index in [1.807, 2.05) is 18.2 Å². The molecule has 2 aromatic rings. The summed E-state index contributed by atoms with van der Waals surface area (Å²) in [5.41, 5.74) is 2.13. The number of phenols is 1. The van der Waals surface area contributed by atoms with Crippen molar-refractivity contribution in [2.24, 2.45) is 0 Å². The highest BCUT2D eigenvalue weighted by molar-refractivity contribution is 9.10. The summed E-state index contributed by atoms with van der Waals surface area (Å²) < 4.78 is 0.826. The summed E-state index contributed by atoms with van der Waals surface area (Å²) in [7, 11) is 0. The molecule has 104 valence electrons. The van der Waals surface area contributed by atoms with Crippen molar-refractivity contribution in [2.45, 2.75) is 19.8 Å². The highest BCUT2D eigenvalue weighted by atomic mass is 79.9. The number of para-hydroxylation sites is 1. The molecule has 0 spiro atoms. The van der Waals surface area contributed by atoms with Gasteiger partial charge in [0.2, 0.25) is 0 Å². The largest absolute Gasteiger partial charge is 0.507 e. The molecule has 0 aliphatic rings. The van der Waals surface area contributed by atoms with Gasteiger partial charge in [0.25, 0.3) is 5.91 Å². The zero-order valence-electron chi connectivity index (χ0n) is 11.4. The molecule has 0 bridgehead atoms. The predicted octanol–water partition coefficient (Wildman–Crippen LogP) is 4.53. The molecule has 2 rings (SSSR count). The molecular weight excluding hydrogens is 318 g/mol. The molecule has 0 saturated carbocycles. The van der Waals surface area contributed by atoms with Crippen LogP contribution in [0, 0.1) is 0 Å². The highest BCUT2D eigenvalue weighted by Gasteiger charge is 2.12. The van der Waals surface area contributed by atoms with Crippen molar-refractivity contribution in [3.8, 4) is 5.75 Å². The molecule has 0 unspecified atom stereocenters. The van der Waals surface area contributed by atoms with E-state index in [2.05, 4.69) is 35.1 Å². The van der Waals surface area contributed by atoms with Gasteiger partial charge in [-0.25, -0.2) is 0 Å². The van der Waals surface area contributed by atoms with Gasteiger partial charge in [-0.05, 0) is 51.7 Å². The van der Waals surface area contributed by atoms with Gasteiger partial charge >= 0.3 is 0 Å². The Morgan fingerprint density at radius 2 is 1.90 bits per heavy atom. The van der Waals surface area contributed by atoms with E-state index in [9.17, 15) is 9.90 Å². The summed E-state index contributed by atoms with van der Waals surface area (Å²) in [6.07, 6.45) is 0. The van der Waals surface area contributed by atoms with E-state index in [0.717, 1.165) is 4.47 Å². The first-order valence-corrected chi connectivity index (χ1v) is 7.17. The summed E-state index contributed by atoms with van der Waals surface area (Å²) in [5, 5.41) is 12.5. The number of benzene rings is 2. The standard InChI is InChI=1S/C16H16BrNO2/c1-10(2)11-7-8-14(13(17)9-11)18-16(20)12-5-3-4-6-15(12)19/h3-10,19H,1-2H3,(H,18,20). The third-order valence-corrected chi connectivity index (χ3v) is 3.71. The van der Waals surface area contributed by atoms with E-state index >= 15 is 0 Å². The maximum Gasteiger partial charge on any atom is 0.259 e. The minimum atomic E-state index is -0.332. The summed E-state index contributed by atoms with van der Waals surface area (Å²) in [4.78, 5) is 12.1. The molecule has 0 radical (unpaired) electrons. The Bertz CT molecular complexity index is 638. The fourth-order valence-corrected chi connectivity index (χ4v) is 2.34. The number of hydrogen-bond acceptors (Lipinski definition) is 2. The first-order valence-electron chi connectivity index (χ1n) is 6.38. The minimum Gasteiger partial charge on any atom is -0.507 e. The van der Waals surface area contributed by atoms with Crippen molar-refractivity contribution >= 4 is 27.5 Å². The van der Waals surface area contributed by atoms with Gasteiger partial charge in [-0.2, -0.15) is 0 Å². The molecular formula is C16H16BrNO2. The number of phenolic OH excluding ortho intramolecular Hbond substituents is 1. The number of rotatable bonds is 3. The Morgan fingerprint density at radius 1 is 1.20 bits per heavy atom. The molecule has 20 heavy (non-hydrogen) atoms. The quantitative estimate of drug-likeness (QED) is 0.866. The van der Waals surface area contributed by atoms with E-state index in [-0.39, 0.29) is 17.2 Å². The topological polar surface area (TPSA) is 49.3 Å². The SMILES string of the molecule is CC(C)c1ccc(NC(=O)c2ccccc2O)c(Br)c1. The van der Waals surface area contributed by atoms with Crippen LogP contribution in [0.3, 0.4) is 0 Å². The van der Waals surface area contributed by atoms with Crippen LogP contribution in [0.15, 0.2) is 46.9 Å². The Labute approximate surface area is 126 Å². The molecule has 0 atom stereocenters. The average Bonchev–Trinajstić information content (AvgIpc) is 2.41. The van der Waals surface area contributed by atoms with E-state index in [0.29, 0.717) is 11.6 Å². The molecule has 0 aromatic heterocycles. The molecule has 0 heterocycles. The van der Waals surface area contributed by atoms with Gasteiger partial charge in [-0.15, -0.1) is 0 Å². The van der Waals surface area contributed by atoms with E-state index in [4.69, 9.17) is 0 Å². The number of hydrogen-bond donors (Lipinski definition) is 2. The zero-order valence-corrected chi connectivity index (χ0v) is 12.9. The summed E-state index contributed by atoms with van der Waals surface area (Å²) >= 11 is 3.46. The lowest BCUT2D eigenvalue weighted by molar-refractivity contribution is 0.102. The third-order valence-electron chi connectivity index (χ3n) is 3.06. The number of anilines is 1. The van der Waals surface area contributed by atoms with Gasteiger partial charge in [0.1, 0.15) is 5.75 Å². The predicted molar refractivity (Wildman–Crippen MR) is 84.3 cm³/mol. The van der Waals surface area contributed by atoms with Gasteiger partial charge in [0, 0.05) is 4.47 Å². The zero-order chi connectivity index (χ0) is 14.7. The van der Waals surface area contributed by atoms with Crippen molar-refractivity contribution in [2.75, 3.05) is 5.32 Å². The van der Waals surface area contributed by atoms with Crippen molar-refractivity contribution in [3.05, 3.63) is 58.1 Å². The molecule has 3 nitrogen and oxygen atoms in total. The molecule has 0 aliphatic carbocycles. The second kappa shape index (κ2) is 6.09. The number of carbonyl (C=O) groups is 1. The number of amides is 1. The van der Waals surface area contributed by atoms with E-state index < -0.39 is 0 Å². The van der Waals surface area contributed by atoms with Gasteiger partial charge in [0.05, 0.1) is 11.3 Å². The maximum atomic E-state index is 12.1. The second-order valence-corrected chi connectivity index (χ2v) is 5.72. The van der Waals surface area contributed by atoms with Crippen LogP contribution in [0.4, 0.5) is 5.69 Å². The monoisotopic (exact) mass is 333 g/mol. The van der Waals surface area contributed by atoms with E-state index in [1.165, 1.54) is 11.6 Å². The molecule has 4 heteroatoms. The van der Waals surface area contributed by atoms with Crippen LogP contribution in [-0.2, 0) is 0 Å². The average molecular weight is 334 g/mol. The van der Waals surface area contributed by atoms with Crippen molar-refractivity contribution in [3.63, 3.8) is 0 Å². The highest BCUT2D eigenvalue weighted by Crippen LogP contribution is 2.28. The summed E-state index contributed by atoms with van der Waals surface area (Å²) in [5.74, 6) is 0.0650. The number of nitrogens with one attached hydrogen (secondary N) is 1. The molecule has 0 saturated heterocycles. The van der Waals surface area contributed by atoms with Crippen molar-refractivity contribution in [1.82, 2.24) is 0 Å². The van der Waals surface area contributed by atoms with Gasteiger partial charge in [0.15, 0.2) is 0 Å². The molecule has 2 N–H and O–H groups in total. The van der Waals surface area contributed by atoms with Crippen LogP contribution in [0.2, 0.25) is 0 Å². The lowest BCUT2D eigenvalue weighted by Crippen LogP contribution is -2.12. The molecule has 1 amide bonds. The molecule has 0 aliphatic heterocycles. The third kappa shape index (κ3) is 3.20. The Morgan fingerprint density at radius 3 is 2.50 bits per heavy atom. The fraction of sp³-hybridized carbons (Fsp3) is 0.188. The van der Waals surface area contributed by atoms with Crippen molar-refractivity contribution < 1.29 is 9.90 Å². The molecule has 2 aromatic carbocycles. The van der Waals surface area contributed by atoms with Crippen LogP contribution >= 0.6 is 15.9 Å². The van der Waals surface area contributed by atoms with E-state index in [1.54, 1.807) is 18.2 Å². The normalized spacial score (nSPS) is 10.6. The minimum absolute atomic E-state index is 0.0278. The number of aromatic hydroxyl groups is 1. The smallest absolute Gasteiger partial charge is 0.259 e. The van der Waals surface area contributed by atoms with Gasteiger partial charge in [-0.3, -0.25) is 4.79 Å². The second-order valence-electron chi connectivity index (χ2n) is 4.87. The van der Waals surface area contributed by atoms with Crippen LogP contribution in [0.1, 0.15) is 35.7 Å².